The van der Waals surface area contributed by atoms with E-state index in [2.05, 4.69) is 4.90 Å². The largest absolute Gasteiger partial charge is 0.490 e. The van der Waals surface area contributed by atoms with Gasteiger partial charge in [-0.1, -0.05) is 17.7 Å². The third kappa shape index (κ3) is 3.91. The van der Waals surface area contributed by atoms with E-state index in [1.165, 1.54) is 0 Å². The molecule has 1 unspecified atom stereocenters. The molecule has 11 heteroatoms. The average Bonchev–Trinajstić information content (AvgIpc) is 2.88. The first-order chi connectivity index (χ1) is 13.5. The summed E-state index contributed by atoms with van der Waals surface area (Å²) in [5, 5.41) is 7.66. The summed E-state index contributed by atoms with van der Waals surface area (Å²) in [5.74, 6) is -2.88. The number of hydrogen-bond acceptors (Lipinski definition) is 5. The van der Waals surface area contributed by atoms with Crippen LogP contribution in [-0.4, -0.2) is 59.4 Å². The second-order valence-corrected chi connectivity index (χ2v) is 7.59. The number of fused-ring (bicyclic) bond motifs is 2. The van der Waals surface area contributed by atoms with E-state index >= 15 is 0 Å². The molecule has 0 aliphatic carbocycles. The van der Waals surface area contributed by atoms with Crippen molar-refractivity contribution in [1.29, 1.82) is 0 Å². The van der Waals surface area contributed by atoms with E-state index in [1.54, 1.807) is 18.2 Å². The highest BCUT2D eigenvalue weighted by atomic mass is 35.5. The molecular formula is C18H18ClF3N2O5. The van der Waals surface area contributed by atoms with Crippen LogP contribution >= 0.6 is 11.6 Å². The van der Waals surface area contributed by atoms with Crippen molar-refractivity contribution in [2.75, 3.05) is 24.5 Å². The fourth-order valence-corrected chi connectivity index (χ4v) is 4.01. The van der Waals surface area contributed by atoms with Gasteiger partial charge in [0.2, 0.25) is 5.60 Å². The predicted octanol–water partition coefficient (Wildman–Crippen LogP) is 3.23. The summed E-state index contributed by atoms with van der Waals surface area (Å²) in [6.07, 6.45) is -3.86. The first kappa shape index (κ1) is 21.4. The van der Waals surface area contributed by atoms with Crippen molar-refractivity contribution < 1.29 is 37.4 Å². The Balaban J connectivity index is 0.000000298. The summed E-state index contributed by atoms with van der Waals surface area (Å²) in [6.45, 7) is 4.35. The van der Waals surface area contributed by atoms with Crippen molar-refractivity contribution in [1.82, 2.24) is 4.90 Å². The van der Waals surface area contributed by atoms with E-state index in [4.69, 9.17) is 26.2 Å². The number of ether oxygens (including phenoxy) is 1. The molecule has 2 amide bonds. The number of benzene rings is 1. The number of alkyl halides is 3. The molecule has 1 N–H and O–H groups in total. The minimum Gasteiger partial charge on any atom is -0.475 e. The van der Waals surface area contributed by atoms with Crippen molar-refractivity contribution in [3.63, 3.8) is 0 Å². The number of nitrogens with zero attached hydrogens (tertiary/aromatic N) is 2. The van der Waals surface area contributed by atoms with E-state index in [-0.39, 0.29) is 11.8 Å². The van der Waals surface area contributed by atoms with E-state index in [1.807, 2.05) is 6.92 Å². The molecule has 29 heavy (non-hydrogen) atoms. The third-order valence-electron chi connectivity index (χ3n) is 5.38. The van der Waals surface area contributed by atoms with Crippen molar-refractivity contribution in [3.05, 3.63) is 28.8 Å². The van der Waals surface area contributed by atoms with Crippen LogP contribution in [0.5, 0.6) is 0 Å². The smallest absolute Gasteiger partial charge is 0.475 e. The minimum atomic E-state index is -5.08. The van der Waals surface area contributed by atoms with Crippen molar-refractivity contribution >= 4 is 35.3 Å². The number of aliphatic carboxylic acids is 1. The first-order valence-corrected chi connectivity index (χ1v) is 9.19. The van der Waals surface area contributed by atoms with E-state index in [9.17, 15) is 22.8 Å². The van der Waals surface area contributed by atoms with Gasteiger partial charge < -0.3 is 9.84 Å². The number of carbonyl (C=O) groups is 3. The molecule has 0 radical (unpaired) electrons. The van der Waals surface area contributed by atoms with Gasteiger partial charge in [0, 0.05) is 17.5 Å². The van der Waals surface area contributed by atoms with Crippen LogP contribution in [0.25, 0.3) is 0 Å². The molecule has 2 bridgehead atoms. The van der Waals surface area contributed by atoms with Crippen LogP contribution < -0.4 is 4.90 Å². The number of carbonyl (C=O) groups excluding carboxylic acids is 2. The molecule has 1 atom stereocenters. The van der Waals surface area contributed by atoms with Crippen LogP contribution in [0.15, 0.2) is 18.2 Å². The molecule has 1 spiro atoms. The fraction of sp³-hybridized carbons (Fsp3) is 0.500. The van der Waals surface area contributed by atoms with Crippen LogP contribution in [0, 0.1) is 12.8 Å². The lowest BCUT2D eigenvalue weighted by Gasteiger charge is -2.48. The maximum atomic E-state index is 13.0. The van der Waals surface area contributed by atoms with Gasteiger partial charge in [-0.25, -0.2) is 14.5 Å². The van der Waals surface area contributed by atoms with Crippen molar-refractivity contribution in [2.24, 2.45) is 5.92 Å². The number of anilines is 1. The van der Waals surface area contributed by atoms with Gasteiger partial charge in [-0.15, -0.1) is 0 Å². The second-order valence-electron chi connectivity index (χ2n) is 7.18. The van der Waals surface area contributed by atoms with Gasteiger partial charge in [0.15, 0.2) is 0 Å². The molecule has 1 aromatic rings. The molecule has 7 nitrogen and oxygen atoms in total. The Bertz CT molecular complexity index is 854. The molecule has 4 aliphatic heterocycles. The molecule has 4 aliphatic rings. The maximum Gasteiger partial charge on any atom is 0.490 e. The zero-order valence-electron chi connectivity index (χ0n) is 15.3. The zero-order chi connectivity index (χ0) is 21.6. The van der Waals surface area contributed by atoms with Crippen LogP contribution in [0.2, 0.25) is 5.02 Å². The SMILES string of the molecule is Cc1ccc(N2C(=O)OC3(CN4CCC3CC4)C2=O)cc1Cl.O=C(O)C(F)(F)F. The number of imide groups is 1. The summed E-state index contributed by atoms with van der Waals surface area (Å²) in [6, 6.07) is 5.19. The van der Waals surface area contributed by atoms with Crippen LogP contribution in [0.3, 0.4) is 0 Å². The Labute approximate surface area is 169 Å². The highest BCUT2D eigenvalue weighted by Crippen LogP contribution is 2.44. The second kappa shape index (κ2) is 7.49. The van der Waals surface area contributed by atoms with E-state index in [0.717, 1.165) is 36.4 Å². The number of halogens is 4. The molecule has 1 aromatic carbocycles. The molecule has 4 fully saturated rings. The van der Waals surface area contributed by atoms with Gasteiger partial charge in [0.25, 0.3) is 5.91 Å². The topological polar surface area (TPSA) is 87.2 Å². The number of carboxylic acids is 1. The van der Waals surface area contributed by atoms with Gasteiger partial charge >= 0.3 is 18.2 Å². The summed E-state index contributed by atoms with van der Waals surface area (Å²) >= 11 is 6.13. The quantitative estimate of drug-likeness (QED) is 0.730. The molecular weight excluding hydrogens is 417 g/mol. The van der Waals surface area contributed by atoms with Gasteiger partial charge in [0.1, 0.15) is 0 Å². The van der Waals surface area contributed by atoms with Gasteiger partial charge in [-0.2, -0.15) is 13.2 Å². The predicted molar refractivity (Wildman–Crippen MR) is 95.7 cm³/mol. The van der Waals surface area contributed by atoms with Crippen LogP contribution in [-0.2, 0) is 14.3 Å². The fourth-order valence-electron chi connectivity index (χ4n) is 3.84. The lowest BCUT2D eigenvalue weighted by molar-refractivity contribution is -0.192. The molecule has 0 saturated carbocycles. The zero-order valence-corrected chi connectivity index (χ0v) is 16.1. The lowest BCUT2D eigenvalue weighted by Crippen LogP contribution is -2.63. The minimum absolute atomic E-state index is 0.125. The normalized spacial score (nSPS) is 28.2. The van der Waals surface area contributed by atoms with Crippen molar-refractivity contribution in [2.45, 2.75) is 31.5 Å². The highest BCUT2D eigenvalue weighted by Gasteiger charge is 2.62. The highest BCUT2D eigenvalue weighted by molar-refractivity contribution is 6.32. The summed E-state index contributed by atoms with van der Waals surface area (Å²) in [7, 11) is 0. The Morgan fingerprint density at radius 3 is 2.31 bits per heavy atom. The standard InChI is InChI=1S/C16H17ClN2O3.C2HF3O2/c1-10-2-3-12(8-13(10)17)19-14(20)16(22-15(19)21)9-18-6-4-11(16)5-7-18;3-2(4,5)1(6)7/h2-3,8,11H,4-7,9H2,1H3;(H,6,7). The Morgan fingerprint density at radius 2 is 1.86 bits per heavy atom. The van der Waals surface area contributed by atoms with Gasteiger partial charge in [0.05, 0.1) is 5.69 Å². The number of amides is 2. The number of carboxylic acid groups (broad SMARTS) is 1. The van der Waals surface area contributed by atoms with Gasteiger partial charge in [-0.3, -0.25) is 9.69 Å². The summed E-state index contributed by atoms with van der Waals surface area (Å²) in [4.78, 5) is 37.6. The van der Waals surface area contributed by atoms with Gasteiger partial charge in [-0.05, 0) is 50.6 Å². The Hall–Kier alpha value is -2.33. The molecule has 5 rings (SSSR count). The molecule has 4 saturated heterocycles. The van der Waals surface area contributed by atoms with E-state index < -0.39 is 23.8 Å². The number of aryl methyl sites for hydroxylation is 1. The molecule has 158 valence electrons. The third-order valence-corrected chi connectivity index (χ3v) is 5.79. The lowest BCUT2D eigenvalue weighted by atomic mass is 9.75. The summed E-state index contributed by atoms with van der Waals surface area (Å²) in [5.41, 5.74) is 0.396. The van der Waals surface area contributed by atoms with Crippen molar-refractivity contribution in [3.8, 4) is 0 Å². The average molecular weight is 435 g/mol. The van der Waals surface area contributed by atoms with Crippen LogP contribution in [0.1, 0.15) is 18.4 Å². The number of hydrogen-bond donors (Lipinski definition) is 1. The summed E-state index contributed by atoms with van der Waals surface area (Å²) < 4.78 is 37.4. The monoisotopic (exact) mass is 434 g/mol. The molecule has 0 aromatic heterocycles. The van der Waals surface area contributed by atoms with E-state index in [0.29, 0.717) is 17.3 Å². The number of rotatable bonds is 1. The molecule has 4 heterocycles. The number of piperidine rings is 3. The Morgan fingerprint density at radius 1 is 1.28 bits per heavy atom. The Kier molecular flexibility index (Phi) is 5.52. The van der Waals surface area contributed by atoms with Crippen LogP contribution in [0.4, 0.5) is 23.7 Å². The maximum absolute atomic E-state index is 13.0. The first-order valence-electron chi connectivity index (χ1n) is 8.82.